The van der Waals surface area contributed by atoms with Crippen molar-refractivity contribution in [2.75, 3.05) is 13.1 Å². The van der Waals surface area contributed by atoms with Gasteiger partial charge in [-0.3, -0.25) is 0 Å². The molecule has 2 nitrogen and oxygen atoms in total. The molecule has 0 saturated carbocycles. The lowest BCUT2D eigenvalue weighted by atomic mass is 9.87. The van der Waals surface area contributed by atoms with Crippen LogP contribution in [0, 0.1) is 0 Å². The van der Waals surface area contributed by atoms with Gasteiger partial charge in [-0.2, -0.15) is 0 Å². The summed E-state index contributed by atoms with van der Waals surface area (Å²) in [6.45, 7) is 8.80. The summed E-state index contributed by atoms with van der Waals surface area (Å²) in [6, 6.07) is 9.33. The molecule has 2 rings (SSSR count). The molecule has 1 aliphatic heterocycles. The smallest absolute Gasteiger partial charge is 0.0700 e. The lowest BCUT2D eigenvalue weighted by Gasteiger charge is -2.28. The quantitative estimate of drug-likeness (QED) is 0.910. The highest BCUT2D eigenvalue weighted by molar-refractivity contribution is 5.23. The van der Waals surface area contributed by atoms with Crippen LogP contribution in [-0.4, -0.2) is 34.7 Å². The first-order chi connectivity index (χ1) is 9.52. The summed E-state index contributed by atoms with van der Waals surface area (Å²) >= 11 is 0. The summed E-state index contributed by atoms with van der Waals surface area (Å²) in [4.78, 5) is 2.48. The van der Waals surface area contributed by atoms with Crippen molar-refractivity contribution in [3.8, 4) is 0 Å². The van der Waals surface area contributed by atoms with Crippen LogP contribution in [0.1, 0.15) is 51.2 Å². The van der Waals surface area contributed by atoms with Crippen LogP contribution in [0.3, 0.4) is 0 Å². The fraction of sp³-hybridized carbons (Fsp3) is 0.667. The van der Waals surface area contributed by atoms with Gasteiger partial charge in [0.25, 0.3) is 0 Å². The fourth-order valence-electron chi connectivity index (χ4n) is 3.17. The number of rotatable bonds is 4. The van der Waals surface area contributed by atoms with Crippen LogP contribution in [0.15, 0.2) is 24.3 Å². The molecule has 1 atom stereocenters. The minimum absolute atomic E-state index is 0.516. The predicted molar refractivity (Wildman–Crippen MR) is 85.0 cm³/mol. The first-order valence-corrected chi connectivity index (χ1v) is 8.07. The zero-order valence-electron chi connectivity index (χ0n) is 13.2. The molecule has 0 aliphatic carbocycles. The third kappa shape index (κ3) is 4.07. The Labute approximate surface area is 123 Å². The van der Waals surface area contributed by atoms with E-state index in [0.717, 1.165) is 45.2 Å². The fourth-order valence-corrected chi connectivity index (χ4v) is 3.17. The van der Waals surface area contributed by atoms with Crippen LogP contribution < -0.4 is 0 Å². The van der Waals surface area contributed by atoms with E-state index in [1.165, 1.54) is 11.1 Å². The van der Waals surface area contributed by atoms with E-state index in [1.54, 1.807) is 0 Å². The van der Waals surface area contributed by atoms with E-state index >= 15 is 0 Å². The van der Waals surface area contributed by atoms with Crippen molar-refractivity contribution < 1.29 is 5.11 Å². The van der Waals surface area contributed by atoms with Crippen LogP contribution >= 0.6 is 0 Å². The Morgan fingerprint density at radius 3 is 2.35 bits per heavy atom. The molecule has 1 aromatic carbocycles. The molecule has 1 fully saturated rings. The van der Waals surface area contributed by atoms with E-state index in [2.05, 4.69) is 49.9 Å². The van der Waals surface area contributed by atoms with Gasteiger partial charge >= 0.3 is 0 Å². The summed E-state index contributed by atoms with van der Waals surface area (Å²) in [5.74, 6) is 0. The number of hydrogen-bond donors (Lipinski definition) is 1. The second kappa shape index (κ2) is 6.73. The molecule has 1 aliphatic rings. The topological polar surface area (TPSA) is 23.5 Å². The molecule has 0 amide bonds. The molecule has 1 unspecified atom stereocenters. The maximum absolute atomic E-state index is 10.9. The van der Waals surface area contributed by atoms with E-state index < -0.39 is 5.60 Å². The van der Waals surface area contributed by atoms with Gasteiger partial charge in [-0.1, -0.05) is 31.2 Å². The molecule has 0 bridgehead atoms. The van der Waals surface area contributed by atoms with Crippen molar-refractivity contribution in [3.63, 3.8) is 0 Å². The predicted octanol–water partition coefficient (Wildman–Crippen LogP) is 3.42. The number of likely N-dealkylation sites (tertiary alicyclic amines) is 1. The monoisotopic (exact) mass is 275 g/mol. The standard InChI is InChI=1S/C18H29NO/c1-4-16-6-8-17(9-7-16)14-18(20)10-5-12-19(13-11-18)15(2)3/h6-9,15,20H,4-5,10-14H2,1-3H3. The van der Waals surface area contributed by atoms with Crippen molar-refractivity contribution in [2.24, 2.45) is 0 Å². The zero-order chi connectivity index (χ0) is 14.6. The van der Waals surface area contributed by atoms with Crippen molar-refractivity contribution >= 4 is 0 Å². The molecular formula is C18H29NO. The first kappa shape index (κ1) is 15.5. The van der Waals surface area contributed by atoms with E-state index in [9.17, 15) is 5.11 Å². The van der Waals surface area contributed by atoms with Crippen LogP contribution in [0.25, 0.3) is 0 Å². The number of hydrogen-bond acceptors (Lipinski definition) is 2. The van der Waals surface area contributed by atoms with Gasteiger partial charge in [0, 0.05) is 19.0 Å². The highest BCUT2D eigenvalue weighted by Gasteiger charge is 2.30. The van der Waals surface area contributed by atoms with E-state index in [-0.39, 0.29) is 0 Å². The average Bonchev–Trinajstić information content (AvgIpc) is 2.62. The Hall–Kier alpha value is -0.860. The van der Waals surface area contributed by atoms with Crippen LogP contribution in [0.4, 0.5) is 0 Å². The molecule has 112 valence electrons. The second-order valence-electron chi connectivity index (χ2n) is 6.55. The third-order valence-electron chi connectivity index (χ3n) is 4.65. The second-order valence-corrected chi connectivity index (χ2v) is 6.55. The van der Waals surface area contributed by atoms with Crippen molar-refractivity contribution in [1.29, 1.82) is 0 Å². The minimum atomic E-state index is -0.516. The van der Waals surface area contributed by atoms with E-state index in [1.807, 2.05) is 0 Å². The summed E-state index contributed by atoms with van der Waals surface area (Å²) in [7, 11) is 0. The Morgan fingerprint density at radius 2 is 1.75 bits per heavy atom. The Kier molecular flexibility index (Phi) is 5.22. The molecule has 1 aromatic rings. The van der Waals surface area contributed by atoms with Crippen molar-refractivity contribution in [1.82, 2.24) is 4.90 Å². The maximum Gasteiger partial charge on any atom is 0.0700 e. The number of benzene rings is 1. The highest BCUT2D eigenvalue weighted by Crippen LogP contribution is 2.27. The Morgan fingerprint density at radius 1 is 1.10 bits per heavy atom. The van der Waals surface area contributed by atoms with Gasteiger partial charge < -0.3 is 10.0 Å². The van der Waals surface area contributed by atoms with Crippen molar-refractivity contribution in [2.45, 2.75) is 64.5 Å². The van der Waals surface area contributed by atoms with Gasteiger partial charge in [-0.05, 0) is 57.2 Å². The molecule has 0 aromatic heterocycles. The maximum atomic E-state index is 10.9. The number of aliphatic hydroxyl groups is 1. The van der Waals surface area contributed by atoms with Crippen LogP contribution in [-0.2, 0) is 12.8 Å². The van der Waals surface area contributed by atoms with E-state index in [0.29, 0.717) is 6.04 Å². The van der Waals surface area contributed by atoms with E-state index in [4.69, 9.17) is 0 Å². The largest absolute Gasteiger partial charge is 0.389 e. The molecule has 1 saturated heterocycles. The third-order valence-corrected chi connectivity index (χ3v) is 4.65. The van der Waals surface area contributed by atoms with Crippen LogP contribution in [0.5, 0.6) is 0 Å². The summed E-state index contributed by atoms with van der Waals surface area (Å²) < 4.78 is 0. The lowest BCUT2D eigenvalue weighted by molar-refractivity contribution is 0.0249. The van der Waals surface area contributed by atoms with Gasteiger partial charge in [-0.15, -0.1) is 0 Å². The normalized spacial score (nSPS) is 24.9. The molecule has 0 spiro atoms. The Bertz CT molecular complexity index is 412. The van der Waals surface area contributed by atoms with Gasteiger partial charge in [0.1, 0.15) is 0 Å². The van der Waals surface area contributed by atoms with Gasteiger partial charge in [0.05, 0.1) is 5.60 Å². The summed E-state index contributed by atoms with van der Waals surface area (Å²) in [6.07, 6.45) is 4.78. The summed E-state index contributed by atoms with van der Waals surface area (Å²) in [5, 5.41) is 10.9. The zero-order valence-corrected chi connectivity index (χ0v) is 13.2. The molecule has 1 N–H and O–H groups in total. The van der Waals surface area contributed by atoms with Gasteiger partial charge in [0.15, 0.2) is 0 Å². The average molecular weight is 275 g/mol. The van der Waals surface area contributed by atoms with Gasteiger partial charge in [-0.25, -0.2) is 0 Å². The SMILES string of the molecule is CCc1ccc(CC2(O)CCCN(C(C)C)CC2)cc1. The number of aryl methyl sites for hydroxylation is 1. The molecule has 20 heavy (non-hydrogen) atoms. The molecule has 0 radical (unpaired) electrons. The van der Waals surface area contributed by atoms with Crippen LogP contribution in [0.2, 0.25) is 0 Å². The van der Waals surface area contributed by atoms with Gasteiger partial charge in [0.2, 0.25) is 0 Å². The summed E-state index contributed by atoms with van der Waals surface area (Å²) in [5.41, 5.74) is 2.12. The van der Waals surface area contributed by atoms with Crippen molar-refractivity contribution in [3.05, 3.63) is 35.4 Å². The highest BCUT2D eigenvalue weighted by atomic mass is 16.3. The lowest BCUT2D eigenvalue weighted by Crippen LogP contribution is -2.35. The molecular weight excluding hydrogens is 246 g/mol. The molecule has 2 heteroatoms. The Balaban J connectivity index is 1.99. The number of nitrogens with zero attached hydrogens (tertiary/aromatic N) is 1. The first-order valence-electron chi connectivity index (χ1n) is 8.07. The molecule has 1 heterocycles. The minimum Gasteiger partial charge on any atom is -0.389 e.